The summed E-state index contributed by atoms with van der Waals surface area (Å²) in [6.45, 7) is 5.55. The summed E-state index contributed by atoms with van der Waals surface area (Å²) >= 11 is 4.17. The summed E-state index contributed by atoms with van der Waals surface area (Å²) in [5, 5.41) is 0. The van der Waals surface area contributed by atoms with Crippen LogP contribution < -0.4 is 0 Å². The molecule has 0 unspecified atom stereocenters. The maximum atomic E-state index is 5.44. The van der Waals surface area contributed by atoms with Crippen LogP contribution in [0.2, 0.25) is 6.04 Å². The van der Waals surface area contributed by atoms with E-state index in [0.29, 0.717) is 0 Å². The molecule has 0 amide bonds. The minimum atomic E-state index is -0.201. The standard InChI is InChI=1S/C8H20O2SSi/c1-3-9-8(10-4-2)12-7-5-6-11/h8,11H,3-7,12H2,1-2H3. The lowest BCUT2D eigenvalue weighted by Crippen LogP contribution is -2.24. The Balaban J connectivity index is 3.34. The molecule has 0 bridgehead atoms. The fourth-order valence-corrected chi connectivity index (χ4v) is 3.33. The molecule has 4 heteroatoms. The molecule has 0 spiro atoms. The minimum Gasteiger partial charge on any atom is -0.357 e. The molecule has 2 nitrogen and oxygen atoms in total. The molecule has 12 heavy (non-hydrogen) atoms. The summed E-state index contributed by atoms with van der Waals surface area (Å²) in [4.78, 5) is 0. The minimum absolute atomic E-state index is 0.139. The van der Waals surface area contributed by atoms with Crippen molar-refractivity contribution >= 4 is 22.1 Å². The second-order valence-corrected chi connectivity index (χ2v) is 4.96. The predicted octanol–water partition coefficient (Wildman–Crippen LogP) is 1.25. The van der Waals surface area contributed by atoms with Gasteiger partial charge in [0, 0.05) is 13.2 Å². The molecule has 74 valence electrons. The highest BCUT2D eigenvalue weighted by molar-refractivity contribution is 7.80. The van der Waals surface area contributed by atoms with E-state index in [9.17, 15) is 0 Å². The van der Waals surface area contributed by atoms with Crippen molar-refractivity contribution in [1.82, 2.24) is 0 Å². The van der Waals surface area contributed by atoms with Crippen molar-refractivity contribution < 1.29 is 9.47 Å². The highest BCUT2D eigenvalue weighted by Gasteiger charge is 2.06. The largest absolute Gasteiger partial charge is 0.357 e. The van der Waals surface area contributed by atoms with Crippen molar-refractivity contribution in [3.63, 3.8) is 0 Å². The second kappa shape index (κ2) is 9.57. The van der Waals surface area contributed by atoms with Crippen LogP contribution in [0.15, 0.2) is 0 Å². The number of rotatable bonds is 8. The van der Waals surface area contributed by atoms with E-state index in [0.717, 1.165) is 19.0 Å². The van der Waals surface area contributed by atoms with Gasteiger partial charge in [0.25, 0.3) is 0 Å². The Morgan fingerprint density at radius 2 is 1.83 bits per heavy atom. The fourth-order valence-electron chi connectivity index (χ4n) is 1.01. The zero-order valence-corrected chi connectivity index (χ0v) is 10.4. The van der Waals surface area contributed by atoms with Crippen molar-refractivity contribution in [2.45, 2.75) is 32.2 Å². The van der Waals surface area contributed by atoms with Crippen LogP contribution in [0.25, 0.3) is 0 Å². The van der Waals surface area contributed by atoms with Gasteiger partial charge in [-0.25, -0.2) is 0 Å². The Hall–Kier alpha value is 0.487. The van der Waals surface area contributed by atoms with Gasteiger partial charge in [0.15, 0.2) is 0 Å². The highest BCUT2D eigenvalue weighted by atomic mass is 32.1. The van der Waals surface area contributed by atoms with Gasteiger partial charge in [0.1, 0.15) is 5.91 Å². The SMILES string of the molecule is CCOC(OCC)[SiH2]CCCS. The molecular formula is C8H20O2SSi. The summed E-state index contributed by atoms with van der Waals surface area (Å²) < 4.78 is 10.9. The smallest absolute Gasteiger partial charge is 0.134 e. The number of thiol groups is 1. The molecule has 0 aliphatic heterocycles. The van der Waals surface area contributed by atoms with E-state index in [4.69, 9.17) is 9.47 Å². The summed E-state index contributed by atoms with van der Waals surface area (Å²) in [6, 6.07) is 1.27. The van der Waals surface area contributed by atoms with Crippen LogP contribution in [0, 0.1) is 0 Å². The van der Waals surface area contributed by atoms with E-state index in [-0.39, 0.29) is 15.4 Å². The third-order valence-corrected chi connectivity index (χ3v) is 3.72. The molecule has 0 atom stereocenters. The maximum Gasteiger partial charge on any atom is 0.134 e. The Kier molecular flexibility index (Phi) is 9.96. The molecule has 0 heterocycles. The number of ether oxygens (including phenoxy) is 2. The Bertz CT molecular complexity index is 87.1. The van der Waals surface area contributed by atoms with Crippen molar-refractivity contribution in [1.29, 1.82) is 0 Å². The van der Waals surface area contributed by atoms with Gasteiger partial charge in [0.05, 0.1) is 9.52 Å². The molecule has 0 fully saturated rings. The molecule has 0 aromatic rings. The van der Waals surface area contributed by atoms with E-state index in [2.05, 4.69) is 12.6 Å². The van der Waals surface area contributed by atoms with Gasteiger partial charge in [-0.05, 0) is 26.0 Å². The van der Waals surface area contributed by atoms with E-state index in [1.807, 2.05) is 13.8 Å². The zero-order chi connectivity index (χ0) is 9.23. The van der Waals surface area contributed by atoms with Crippen LogP contribution in [0.4, 0.5) is 0 Å². The second-order valence-electron chi connectivity index (χ2n) is 2.56. The topological polar surface area (TPSA) is 18.5 Å². The lowest BCUT2D eigenvalue weighted by molar-refractivity contribution is -0.0827. The maximum absolute atomic E-state index is 5.44. The first-order valence-electron chi connectivity index (χ1n) is 4.69. The summed E-state index contributed by atoms with van der Waals surface area (Å²) in [7, 11) is -0.201. The van der Waals surface area contributed by atoms with E-state index in [1.165, 1.54) is 12.5 Å². The summed E-state index contributed by atoms with van der Waals surface area (Å²) in [5.74, 6) is 1.12. The lowest BCUT2D eigenvalue weighted by atomic mass is 10.6. The molecule has 0 radical (unpaired) electrons. The molecular weight excluding hydrogens is 188 g/mol. The Morgan fingerprint density at radius 3 is 2.25 bits per heavy atom. The van der Waals surface area contributed by atoms with Crippen LogP contribution in [0.1, 0.15) is 20.3 Å². The van der Waals surface area contributed by atoms with Crippen molar-refractivity contribution in [2.24, 2.45) is 0 Å². The summed E-state index contributed by atoms with van der Waals surface area (Å²) in [6.07, 6.45) is 1.20. The summed E-state index contributed by atoms with van der Waals surface area (Å²) in [5.41, 5.74) is 0. The van der Waals surface area contributed by atoms with Gasteiger partial charge in [-0.2, -0.15) is 12.6 Å². The van der Waals surface area contributed by atoms with Gasteiger partial charge < -0.3 is 9.47 Å². The van der Waals surface area contributed by atoms with Crippen LogP contribution in [-0.4, -0.2) is 34.4 Å². The van der Waals surface area contributed by atoms with Crippen LogP contribution in [0.3, 0.4) is 0 Å². The number of hydrogen-bond donors (Lipinski definition) is 1. The molecule has 0 aliphatic carbocycles. The quantitative estimate of drug-likeness (QED) is 0.280. The van der Waals surface area contributed by atoms with Crippen LogP contribution in [-0.2, 0) is 9.47 Å². The molecule has 0 aromatic carbocycles. The van der Waals surface area contributed by atoms with Gasteiger partial charge >= 0.3 is 0 Å². The molecule has 0 saturated heterocycles. The third kappa shape index (κ3) is 7.15. The first-order valence-corrected chi connectivity index (χ1v) is 7.14. The van der Waals surface area contributed by atoms with Gasteiger partial charge in [-0.1, -0.05) is 6.04 Å². The van der Waals surface area contributed by atoms with E-state index >= 15 is 0 Å². The third-order valence-electron chi connectivity index (χ3n) is 1.55. The molecule has 0 aromatic heterocycles. The van der Waals surface area contributed by atoms with Crippen LogP contribution in [0.5, 0.6) is 0 Å². The van der Waals surface area contributed by atoms with Gasteiger partial charge in [-0.3, -0.25) is 0 Å². The van der Waals surface area contributed by atoms with Crippen LogP contribution >= 0.6 is 12.6 Å². The Morgan fingerprint density at radius 1 is 1.25 bits per heavy atom. The van der Waals surface area contributed by atoms with Crippen molar-refractivity contribution in [3.8, 4) is 0 Å². The fraction of sp³-hybridized carbons (Fsp3) is 1.00. The Labute approximate surface area is 83.3 Å². The molecule has 0 N–H and O–H groups in total. The van der Waals surface area contributed by atoms with Crippen molar-refractivity contribution in [2.75, 3.05) is 19.0 Å². The van der Waals surface area contributed by atoms with E-state index < -0.39 is 0 Å². The van der Waals surface area contributed by atoms with Gasteiger partial charge in [-0.15, -0.1) is 0 Å². The van der Waals surface area contributed by atoms with Gasteiger partial charge in [0.2, 0.25) is 0 Å². The van der Waals surface area contributed by atoms with E-state index in [1.54, 1.807) is 0 Å². The monoisotopic (exact) mass is 208 g/mol. The molecule has 0 rings (SSSR count). The first kappa shape index (κ1) is 12.5. The highest BCUT2D eigenvalue weighted by Crippen LogP contribution is 1.99. The first-order chi connectivity index (χ1) is 5.85. The predicted molar refractivity (Wildman–Crippen MR) is 58.9 cm³/mol. The average molecular weight is 208 g/mol. The number of hydrogen-bond acceptors (Lipinski definition) is 3. The van der Waals surface area contributed by atoms with Crippen molar-refractivity contribution in [3.05, 3.63) is 0 Å². The zero-order valence-electron chi connectivity index (χ0n) is 8.08. The lowest BCUT2D eigenvalue weighted by Gasteiger charge is -2.15. The average Bonchev–Trinajstić information content (AvgIpc) is 2.06. The molecule has 0 saturated carbocycles. The molecule has 0 aliphatic rings. The normalized spacial score (nSPS) is 12.0.